The average molecular weight is 318 g/mol. The number of amides is 2. The number of rotatable bonds is 2. The van der Waals surface area contributed by atoms with Crippen molar-refractivity contribution in [2.75, 3.05) is 37.7 Å². The van der Waals surface area contributed by atoms with Crippen LogP contribution in [-0.4, -0.2) is 73.0 Å². The summed E-state index contributed by atoms with van der Waals surface area (Å²) in [5.41, 5.74) is -0.720. The summed E-state index contributed by atoms with van der Waals surface area (Å²) in [5, 5.41) is 9.34. The Bertz CT molecular complexity index is 509. The number of carbonyl (C=O) groups excluding carboxylic acids is 1. The molecule has 2 aliphatic heterocycles. The molecule has 0 atom stereocenters. The molecule has 120 valence electrons. The van der Waals surface area contributed by atoms with E-state index in [9.17, 15) is 23.1 Å². The summed E-state index contributed by atoms with van der Waals surface area (Å²) in [6.45, 7) is 3.16. The van der Waals surface area contributed by atoms with Crippen molar-refractivity contribution < 1.29 is 23.1 Å². The van der Waals surface area contributed by atoms with Gasteiger partial charge in [-0.3, -0.25) is 4.79 Å². The van der Waals surface area contributed by atoms with Crippen LogP contribution in [0, 0.1) is 5.41 Å². The standard InChI is InChI=1S/C13H22N2O5S/c1-2-13(11(16)17)3-5-14(6-4-13)12(18)15-7-9-21(19,20)10-8-15/h2-10H2,1H3,(H,16,17). The van der Waals surface area contributed by atoms with E-state index in [1.54, 1.807) is 9.80 Å². The van der Waals surface area contributed by atoms with Gasteiger partial charge in [-0.25, -0.2) is 13.2 Å². The Hall–Kier alpha value is -1.31. The van der Waals surface area contributed by atoms with Gasteiger partial charge in [0.15, 0.2) is 9.84 Å². The molecule has 2 fully saturated rings. The maximum atomic E-state index is 12.3. The van der Waals surface area contributed by atoms with Crippen LogP contribution in [0.5, 0.6) is 0 Å². The SMILES string of the molecule is CCC1(C(=O)O)CCN(C(=O)N2CCS(=O)(=O)CC2)CC1. The van der Waals surface area contributed by atoms with Crippen LogP contribution in [0.1, 0.15) is 26.2 Å². The minimum Gasteiger partial charge on any atom is -0.481 e. The van der Waals surface area contributed by atoms with E-state index in [1.807, 2.05) is 6.92 Å². The second kappa shape index (κ2) is 5.82. The Morgan fingerprint density at radius 3 is 1.95 bits per heavy atom. The second-order valence-electron chi connectivity index (χ2n) is 5.85. The fraction of sp³-hybridized carbons (Fsp3) is 0.846. The molecule has 1 N–H and O–H groups in total. The van der Waals surface area contributed by atoms with Crippen LogP contribution in [0.3, 0.4) is 0 Å². The summed E-state index contributed by atoms with van der Waals surface area (Å²) < 4.78 is 22.8. The molecule has 0 radical (unpaired) electrons. The van der Waals surface area contributed by atoms with Gasteiger partial charge in [0.25, 0.3) is 0 Å². The second-order valence-corrected chi connectivity index (χ2v) is 8.15. The molecule has 2 aliphatic rings. The van der Waals surface area contributed by atoms with Gasteiger partial charge in [-0.05, 0) is 19.3 Å². The zero-order valence-corrected chi connectivity index (χ0v) is 13.1. The van der Waals surface area contributed by atoms with E-state index in [0.29, 0.717) is 32.4 Å². The molecular weight excluding hydrogens is 296 g/mol. The Labute approximate surface area is 124 Å². The highest BCUT2D eigenvalue weighted by atomic mass is 32.2. The van der Waals surface area contributed by atoms with Crippen LogP contribution < -0.4 is 0 Å². The number of urea groups is 1. The molecule has 0 unspecified atom stereocenters. The fourth-order valence-corrected chi connectivity index (χ4v) is 4.15. The van der Waals surface area contributed by atoms with Crippen molar-refractivity contribution in [3.63, 3.8) is 0 Å². The van der Waals surface area contributed by atoms with Gasteiger partial charge in [-0.1, -0.05) is 6.92 Å². The number of hydrogen-bond acceptors (Lipinski definition) is 4. The Morgan fingerprint density at radius 1 is 1.05 bits per heavy atom. The van der Waals surface area contributed by atoms with Crippen LogP contribution in [0.4, 0.5) is 4.79 Å². The predicted molar refractivity (Wildman–Crippen MR) is 76.8 cm³/mol. The van der Waals surface area contributed by atoms with Crippen molar-refractivity contribution in [2.45, 2.75) is 26.2 Å². The van der Waals surface area contributed by atoms with Crippen molar-refractivity contribution >= 4 is 21.8 Å². The van der Waals surface area contributed by atoms with Crippen LogP contribution in [-0.2, 0) is 14.6 Å². The van der Waals surface area contributed by atoms with Gasteiger partial charge in [-0.15, -0.1) is 0 Å². The first-order chi connectivity index (χ1) is 9.80. The van der Waals surface area contributed by atoms with Crippen LogP contribution in [0.2, 0.25) is 0 Å². The number of piperidine rings is 1. The summed E-state index contributed by atoms with van der Waals surface area (Å²) in [7, 11) is -3.00. The lowest BCUT2D eigenvalue weighted by Crippen LogP contribution is -2.53. The first-order valence-corrected chi connectivity index (χ1v) is 9.09. The molecule has 0 aliphatic carbocycles. The van der Waals surface area contributed by atoms with Crippen LogP contribution >= 0.6 is 0 Å². The molecule has 0 bridgehead atoms. The lowest BCUT2D eigenvalue weighted by Gasteiger charge is -2.40. The highest BCUT2D eigenvalue weighted by molar-refractivity contribution is 7.91. The van der Waals surface area contributed by atoms with E-state index >= 15 is 0 Å². The summed E-state index contributed by atoms with van der Waals surface area (Å²) in [6.07, 6.45) is 1.47. The molecule has 21 heavy (non-hydrogen) atoms. The molecule has 0 saturated carbocycles. The number of carbonyl (C=O) groups is 2. The van der Waals surface area contributed by atoms with Gasteiger partial charge in [0, 0.05) is 26.2 Å². The van der Waals surface area contributed by atoms with E-state index < -0.39 is 21.2 Å². The zero-order chi connectivity index (χ0) is 15.7. The van der Waals surface area contributed by atoms with Gasteiger partial charge in [0.05, 0.1) is 16.9 Å². The first-order valence-electron chi connectivity index (χ1n) is 7.27. The number of sulfone groups is 1. The number of aliphatic carboxylic acids is 1. The lowest BCUT2D eigenvalue weighted by molar-refractivity contribution is -0.152. The van der Waals surface area contributed by atoms with E-state index in [0.717, 1.165) is 0 Å². The molecule has 2 amide bonds. The van der Waals surface area contributed by atoms with E-state index in [1.165, 1.54) is 0 Å². The Morgan fingerprint density at radius 2 is 1.52 bits per heavy atom. The number of carboxylic acid groups (broad SMARTS) is 1. The topological polar surface area (TPSA) is 95.0 Å². The van der Waals surface area contributed by atoms with Crippen LogP contribution in [0.15, 0.2) is 0 Å². The molecule has 0 spiro atoms. The van der Waals surface area contributed by atoms with Crippen LogP contribution in [0.25, 0.3) is 0 Å². The summed E-state index contributed by atoms with van der Waals surface area (Å²) >= 11 is 0. The Balaban J connectivity index is 1.93. The van der Waals surface area contributed by atoms with Gasteiger partial charge in [-0.2, -0.15) is 0 Å². The quantitative estimate of drug-likeness (QED) is 0.796. The monoisotopic (exact) mass is 318 g/mol. The summed E-state index contributed by atoms with van der Waals surface area (Å²) in [4.78, 5) is 26.9. The summed E-state index contributed by atoms with van der Waals surface area (Å²) in [6, 6.07) is -0.167. The highest BCUT2D eigenvalue weighted by Crippen LogP contribution is 2.35. The zero-order valence-electron chi connectivity index (χ0n) is 12.2. The third kappa shape index (κ3) is 3.30. The van der Waals surface area contributed by atoms with E-state index in [2.05, 4.69) is 0 Å². The molecule has 0 aromatic heterocycles. The van der Waals surface area contributed by atoms with Gasteiger partial charge < -0.3 is 14.9 Å². The number of hydrogen-bond donors (Lipinski definition) is 1. The largest absolute Gasteiger partial charge is 0.481 e. The van der Waals surface area contributed by atoms with Crippen molar-refractivity contribution in [1.29, 1.82) is 0 Å². The normalized spacial score (nSPS) is 24.6. The van der Waals surface area contributed by atoms with Gasteiger partial charge in [0.1, 0.15) is 0 Å². The number of carboxylic acids is 1. The van der Waals surface area contributed by atoms with Crippen molar-refractivity contribution in [1.82, 2.24) is 9.80 Å². The lowest BCUT2D eigenvalue weighted by atomic mass is 9.76. The summed E-state index contributed by atoms with van der Waals surface area (Å²) in [5.74, 6) is -0.762. The minimum atomic E-state index is -3.00. The van der Waals surface area contributed by atoms with E-state index in [-0.39, 0.29) is 30.6 Å². The molecule has 2 rings (SSSR count). The third-order valence-corrected chi connectivity index (χ3v) is 6.35. The molecule has 2 saturated heterocycles. The fourth-order valence-electron chi connectivity index (χ4n) is 2.95. The molecule has 2 heterocycles. The van der Waals surface area contributed by atoms with Gasteiger partial charge >= 0.3 is 12.0 Å². The maximum Gasteiger partial charge on any atom is 0.320 e. The smallest absolute Gasteiger partial charge is 0.320 e. The van der Waals surface area contributed by atoms with Gasteiger partial charge in [0.2, 0.25) is 0 Å². The van der Waals surface area contributed by atoms with Crippen molar-refractivity contribution in [3.8, 4) is 0 Å². The molecule has 8 heteroatoms. The van der Waals surface area contributed by atoms with Crippen molar-refractivity contribution in [2.24, 2.45) is 5.41 Å². The number of likely N-dealkylation sites (tertiary alicyclic amines) is 1. The van der Waals surface area contributed by atoms with Crippen molar-refractivity contribution in [3.05, 3.63) is 0 Å². The minimum absolute atomic E-state index is 0.0145. The van der Waals surface area contributed by atoms with E-state index in [4.69, 9.17) is 0 Å². The number of nitrogens with zero attached hydrogens (tertiary/aromatic N) is 2. The highest BCUT2D eigenvalue weighted by Gasteiger charge is 2.41. The molecule has 0 aromatic rings. The first kappa shape index (κ1) is 16.1. The molecule has 7 nitrogen and oxygen atoms in total. The Kier molecular flexibility index (Phi) is 4.46. The molecule has 0 aromatic carbocycles. The molecular formula is C13H22N2O5S. The third-order valence-electron chi connectivity index (χ3n) is 4.74. The predicted octanol–water partition coefficient (Wildman–Crippen LogP) is 0.414. The average Bonchev–Trinajstić information content (AvgIpc) is 2.46. The maximum absolute atomic E-state index is 12.3.